The van der Waals surface area contributed by atoms with E-state index in [-0.39, 0.29) is 24.3 Å². The van der Waals surface area contributed by atoms with Gasteiger partial charge in [-0.15, -0.1) is 0 Å². The van der Waals surface area contributed by atoms with E-state index >= 15 is 4.39 Å². The molecule has 0 amide bonds. The number of hydrazine groups is 1. The lowest BCUT2D eigenvalue weighted by molar-refractivity contribution is -0.137. The molecule has 1 heterocycles. The van der Waals surface area contributed by atoms with Crippen LogP contribution in [-0.4, -0.2) is 58.5 Å². The molecule has 31 heavy (non-hydrogen) atoms. The number of sulfonamides is 1. The summed E-state index contributed by atoms with van der Waals surface area (Å²) in [6.07, 6.45) is -4.58. The summed E-state index contributed by atoms with van der Waals surface area (Å²) >= 11 is 0. The maximum absolute atomic E-state index is 15.4. The summed E-state index contributed by atoms with van der Waals surface area (Å²) in [6.45, 7) is 0.162. The zero-order valence-corrected chi connectivity index (χ0v) is 18.5. The predicted molar refractivity (Wildman–Crippen MR) is 105 cm³/mol. The van der Waals surface area contributed by atoms with Crippen molar-refractivity contribution in [1.29, 1.82) is 0 Å². The van der Waals surface area contributed by atoms with Crippen molar-refractivity contribution in [3.63, 3.8) is 0 Å². The highest BCUT2D eigenvalue weighted by atomic mass is 32.2. The largest absolute Gasteiger partial charge is 0.416 e. The average Bonchev–Trinajstić information content (AvgIpc) is 3.02. The first-order valence-corrected chi connectivity index (χ1v) is 12.4. The van der Waals surface area contributed by atoms with E-state index in [1.165, 1.54) is 6.20 Å². The van der Waals surface area contributed by atoms with Crippen LogP contribution in [0.25, 0.3) is 0 Å². The molecule has 1 aromatic rings. The number of sulfone groups is 1. The zero-order valence-electron chi connectivity index (χ0n) is 16.9. The van der Waals surface area contributed by atoms with Crippen molar-refractivity contribution in [3.05, 3.63) is 40.9 Å². The Hall–Kier alpha value is -1.70. The van der Waals surface area contributed by atoms with E-state index in [1.54, 1.807) is 24.1 Å². The molecule has 0 radical (unpaired) electrons. The van der Waals surface area contributed by atoms with Crippen LogP contribution < -0.4 is 4.72 Å². The second-order valence-corrected chi connectivity index (χ2v) is 11.8. The number of nitrogens with one attached hydrogen (secondary N) is 1. The smallest absolute Gasteiger partial charge is 0.315 e. The number of hydrogen-bond acceptors (Lipinski definition) is 6. The number of alkyl halides is 4. The van der Waals surface area contributed by atoms with Crippen molar-refractivity contribution in [2.75, 3.05) is 20.6 Å². The Balaban J connectivity index is 1.73. The first-order chi connectivity index (χ1) is 14.2. The Kier molecular flexibility index (Phi) is 6.19. The second kappa shape index (κ2) is 8.01. The highest BCUT2D eigenvalue weighted by Crippen LogP contribution is 2.41. The summed E-state index contributed by atoms with van der Waals surface area (Å²) in [5, 5.41) is 0.500. The summed E-state index contributed by atoms with van der Waals surface area (Å²) in [7, 11) is -5.17. The van der Waals surface area contributed by atoms with Gasteiger partial charge in [-0.05, 0) is 43.9 Å². The lowest BCUT2D eigenvalue weighted by Crippen LogP contribution is -2.45. The summed E-state index contributed by atoms with van der Waals surface area (Å²) in [5.74, 6) is 0. The zero-order chi connectivity index (χ0) is 23.2. The van der Waals surface area contributed by atoms with E-state index in [2.05, 4.69) is 4.72 Å². The van der Waals surface area contributed by atoms with Gasteiger partial charge < -0.3 is 5.01 Å². The van der Waals surface area contributed by atoms with Crippen LogP contribution >= 0.6 is 0 Å². The lowest BCUT2D eigenvalue weighted by Gasteiger charge is -2.33. The van der Waals surface area contributed by atoms with Gasteiger partial charge in [0.15, 0.2) is 0 Å². The fourth-order valence-corrected chi connectivity index (χ4v) is 6.83. The van der Waals surface area contributed by atoms with E-state index in [1.807, 2.05) is 0 Å². The number of hydrogen-bond donors (Lipinski definition) is 1. The summed E-state index contributed by atoms with van der Waals surface area (Å²) in [5.41, 5.74) is -1.18. The van der Waals surface area contributed by atoms with Gasteiger partial charge in [0.1, 0.15) is 0 Å². The van der Waals surface area contributed by atoms with E-state index < -0.39 is 60.4 Å². The summed E-state index contributed by atoms with van der Waals surface area (Å²) in [4.78, 5) is -0.614. The van der Waals surface area contributed by atoms with Gasteiger partial charge in [-0.1, -0.05) is 6.07 Å². The van der Waals surface area contributed by atoms with Crippen molar-refractivity contribution in [1.82, 2.24) is 14.7 Å². The Bertz CT molecular complexity index is 1080. The number of rotatable bonds is 5. The van der Waals surface area contributed by atoms with Crippen LogP contribution in [0.3, 0.4) is 0 Å². The highest BCUT2D eigenvalue weighted by molar-refractivity contribution is 7.93. The molecular weight excluding hydrogens is 462 g/mol. The maximum Gasteiger partial charge on any atom is 0.416 e. The number of benzene rings is 1. The summed E-state index contributed by atoms with van der Waals surface area (Å²) in [6, 6.07) is 2.30. The van der Waals surface area contributed by atoms with Crippen molar-refractivity contribution < 1.29 is 34.4 Å². The van der Waals surface area contributed by atoms with Gasteiger partial charge >= 0.3 is 6.18 Å². The van der Waals surface area contributed by atoms with Gasteiger partial charge in [-0.3, -0.25) is 0 Å². The normalized spacial score (nSPS) is 26.2. The lowest BCUT2D eigenvalue weighted by atomic mass is 9.94. The molecule has 13 heteroatoms. The molecule has 174 valence electrons. The molecular formula is C18H23F4N3O4S2. The molecule has 0 spiro atoms. The Morgan fingerprint density at radius 3 is 2.23 bits per heavy atom. The van der Waals surface area contributed by atoms with Crippen LogP contribution in [0.5, 0.6) is 0 Å². The quantitative estimate of drug-likeness (QED) is 0.646. The first kappa shape index (κ1) is 24.0. The van der Waals surface area contributed by atoms with E-state index in [9.17, 15) is 30.0 Å². The van der Waals surface area contributed by atoms with Crippen molar-refractivity contribution in [3.8, 4) is 0 Å². The predicted octanol–water partition coefficient (Wildman–Crippen LogP) is 2.64. The number of likely N-dealkylation sites (N-methyl/N-ethyl adjacent to an activating group) is 1. The monoisotopic (exact) mass is 485 g/mol. The molecule has 3 rings (SSSR count). The minimum atomic E-state index is -4.76. The van der Waals surface area contributed by atoms with Crippen LogP contribution in [0.1, 0.15) is 31.2 Å². The maximum atomic E-state index is 15.4. The molecule has 7 nitrogen and oxygen atoms in total. The van der Waals surface area contributed by atoms with Gasteiger partial charge in [0, 0.05) is 26.3 Å². The van der Waals surface area contributed by atoms with Crippen molar-refractivity contribution in [2.24, 2.45) is 0 Å². The number of nitrogens with zero attached hydrogens (tertiary/aromatic N) is 2. The Morgan fingerprint density at radius 1 is 1.10 bits per heavy atom. The Labute approximate surface area is 178 Å². The molecule has 2 aliphatic rings. The van der Waals surface area contributed by atoms with Crippen LogP contribution in [0, 0.1) is 0 Å². The van der Waals surface area contributed by atoms with Gasteiger partial charge in [-0.25, -0.2) is 31.0 Å². The van der Waals surface area contributed by atoms with Gasteiger partial charge in [-0.2, -0.15) is 13.2 Å². The second-order valence-electron chi connectivity index (χ2n) is 7.79. The molecule has 1 aliphatic carbocycles. The van der Waals surface area contributed by atoms with Crippen molar-refractivity contribution >= 4 is 19.9 Å². The van der Waals surface area contributed by atoms with Crippen LogP contribution in [0.2, 0.25) is 0 Å². The third-order valence-corrected chi connectivity index (χ3v) is 9.42. The van der Waals surface area contributed by atoms with E-state index in [4.69, 9.17) is 0 Å². The van der Waals surface area contributed by atoms with Crippen LogP contribution in [0.4, 0.5) is 17.6 Å². The molecule has 1 saturated carbocycles. The van der Waals surface area contributed by atoms with E-state index in [0.717, 1.165) is 12.1 Å². The van der Waals surface area contributed by atoms with Gasteiger partial charge in [0.2, 0.25) is 24.9 Å². The average molecular weight is 486 g/mol. The Morgan fingerprint density at radius 2 is 1.71 bits per heavy atom. The van der Waals surface area contributed by atoms with Crippen molar-refractivity contribution in [2.45, 2.75) is 47.8 Å². The van der Waals surface area contributed by atoms with Gasteiger partial charge in [0.25, 0.3) is 0 Å². The van der Waals surface area contributed by atoms with Crippen LogP contribution in [0.15, 0.2) is 40.3 Å². The SMILES string of the molecule is CN1C=C(S(=O)(=O)NC2CCC(F)(S(=O)(=O)c3cccc(C(F)(F)F)c3)CC2)CN1C. The topological polar surface area (TPSA) is 86.8 Å². The molecule has 0 atom stereocenters. The third kappa shape index (κ3) is 4.73. The molecule has 0 saturated heterocycles. The fraction of sp³-hybridized carbons (Fsp3) is 0.556. The summed E-state index contributed by atoms with van der Waals surface area (Å²) < 4.78 is 107. The minimum absolute atomic E-state index is 0.104. The first-order valence-electron chi connectivity index (χ1n) is 9.43. The fourth-order valence-electron chi connectivity index (χ4n) is 3.62. The molecule has 0 bridgehead atoms. The van der Waals surface area contributed by atoms with E-state index in [0.29, 0.717) is 12.1 Å². The molecule has 1 aliphatic heterocycles. The highest BCUT2D eigenvalue weighted by Gasteiger charge is 2.48. The molecule has 0 aromatic heterocycles. The molecule has 1 fully saturated rings. The van der Waals surface area contributed by atoms with Crippen LogP contribution in [-0.2, 0) is 26.0 Å². The molecule has 0 unspecified atom stereocenters. The standard InChI is InChI=1S/C18H23F4N3O4S2/c1-24-11-16(12-25(24)2)31(28,29)23-14-6-8-17(19,9-7-14)30(26,27)15-5-3-4-13(10-15)18(20,21)22/h3-5,10-11,14,23H,6-9,12H2,1-2H3. The minimum Gasteiger partial charge on any atom is -0.315 e. The third-order valence-electron chi connectivity index (χ3n) is 5.61. The molecule has 1 aromatic carbocycles. The number of halogens is 4. The van der Waals surface area contributed by atoms with Gasteiger partial charge in [0.05, 0.1) is 21.9 Å². The molecule has 1 N–H and O–H groups in total.